The van der Waals surface area contributed by atoms with Crippen molar-refractivity contribution in [3.05, 3.63) is 76.8 Å². The number of halogens is 1. The third kappa shape index (κ3) is 5.10. The zero-order valence-electron chi connectivity index (χ0n) is 15.5. The van der Waals surface area contributed by atoms with E-state index >= 15 is 0 Å². The van der Waals surface area contributed by atoms with Gasteiger partial charge in [0.2, 0.25) is 0 Å². The molecule has 0 amide bonds. The second-order valence-electron chi connectivity index (χ2n) is 7.10. The minimum absolute atomic E-state index is 0.741. The van der Waals surface area contributed by atoms with Crippen LogP contribution in [0.5, 0.6) is 5.75 Å². The molecule has 140 valence electrons. The maximum absolute atomic E-state index is 5.99. The van der Waals surface area contributed by atoms with Crippen LogP contribution in [0.15, 0.2) is 71.2 Å². The lowest BCUT2D eigenvalue weighted by molar-refractivity contribution is 0.112. The molecule has 0 aromatic heterocycles. The van der Waals surface area contributed by atoms with Gasteiger partial charge in [0.25, 0.3) is 0 Å². The Morgan fingerprint density at radius 3 is 2.26 bits per heavy atom. The van der Waals surface area contributed by atoms with Crippen molar-refractivity contribution in [1.82, 2.24) is 9.80 Å². The fourth-order valence-electron chi connectivity index (χ4n) is 3.57. The smallest absolute Gasteiger partial charge is 0.120 e. The highest BCUT2D eigenvalue weighted by Gasteiger charge is 2.16. The molecular formula is C23H25BrN2O. The van der Waals surface area contributed by atoms with Crippen molar-refractivity contribution in [2.24, 2.45) is 0 Å². The molecule has 3 aromatic rings. The second-order valence-corrected chi connectivity index (χ2v) is 8.02. The predicted octanol–water partition coefficient (Wildman–Crippen LogP) is 4.80. The van der Waals surface area contributed by atoms with Gasteiger partial charge in [-0.25, -0.2) is 0 Å². The number of hydrogen-bond acceptors (Lipinski definition) is 3. The molecule has 1 aliphatic rings. The van der Waals surface area contributed by atoms with Crippen LogP contribution in [0, 0.1) is 0 Å². The summed E-state index contributed by atoms with van der Waals surface area (Å²) in [6.07, 6.45) is 0. The Hall–Kier alpha value is -1.88. The van der Waals surface area contributed by atoms with Gasteiger partial charge in [0.05, 0.1) is 0 Å². The molecule has 0 aliphatic carbocycles. The van der Waals surface area contributed by atoms with Crippen molar-refractivity contribution >= 4 is 26.7 Å². The normalized spacial score (nSPS) is 15.9. The van der Waals surface area contributed by atoms with Crippen molar-refractivity contribution < 1.29 is 4.74 Å². The topological polar surface area (TPSA) is 15.7 Å². The molecule has 3 aromatic carbocycles. The van der Waals surface area contributed by atoms with E-state index in [2.05, 4.69) is 92.5 Å². The minimum atomic E-state index is 0.741. The number of rotatable bonds is 6. The lowest BCUT2D eigenvalue weighted by Crippen LogP contribution is -2.47. The maximum Gasteiger partial charge on any atom is 0.120 e. The van der Waals surface area contributed by atoms with Gasteiger partial charge < -0.3 is 4.74 Å². The van der Waals surface area contributed by atoms with Crippen LogP contribution in [0.4, 0.5) is 0 Å². The molecule has 4 heteroatoms. The number of hydrogen-bond donors (Lipinski definition) is 0. The average Bonchev–Trinajstić information content (AvgIpc) is 2.71. The fourth-order valence-corrected chi connectivity index (χ4v) is 3.83. The summed E-state index contributed by atoms with van der Waals surface area (Å²) in [6.45, 7) is 7.21. The van der Waals surface area contributed by atoms with Crippen molar-refractivity contribution in [3.63, 3.8) is 0 Å². The van der Waals surface area contributed by atoms with E-state index in [4.69, 9.17) is 4.74 Å². The number of benzene rings is 3. The van der Waals surface area contributed by atoms with Gasteiger partial charge in [-0.05, 0) is 40.6 Å². The Bertz CT molecular complexity index is 873. The summed E-state index contributed by atoms with van der Waals surface area (Å²) in [4.78, 5) is 5.03. The summed E-state index contributed by atoms with van der Waals surface area (Å²) in [5.41, 5.74) is 1.38. The summed E-state index contributed by atoms with van der Waals surface area (Å²) in [7, 11) is 0. The third-order valence-corrected chi connectivity index (χ3v) is 5.71. The van der Waals surface area contributed by atoms with E-state index < -0.39 is 0 Å². The van der Waals surface area contributed by atoms with Crippen LogP contribution >= 0.6 is 15.9 Å². The predicted molar refractivity (Wildman–Crippen MR) is 115 cm³/mol. The van der Waals surface area contributed by atoms with Crippen molar-refractivity contribution in [2.45, 2.75) is 6.54 Å². The monoisotopic (exact) mass is 424 g/mol. The fraction of sp³-hybridized carbons (Fsp3) is 0.304. The van der Waals surface area contributed by atoms with E-state index in [-0.39, 0.29) is 0 Å². The van der Waals surface area contributed by atoms with Gasteiger partial charge in [0.1, 0.15) is 12.4 Å². The first-order valence-corrected chi connectivity index (χ1v) is 10.4. The SMILES string of the molecule is Brc1ccc(CN2CCN(CCOc3ccc4ccccc4c3)CC2)cc1. The van der Waals surface area contributed by atoms with E-state index in [1.54, 1.807) is 0 Å². The summed E-state index contributed by atoms with van der Waals surface area (Å²) >= 11 is 3.50. The van der Waals surface area contributed by atoms with Gasteiger partial charge in [-0.1, -0.05) is 58.4 Å². The second kappa shape index (κ2) is 8.87. The number of fused-ring (bicyclic) bond motifs is 1. The minimum Gasteiger partial charge on any atom is -0.492 e. The maximum atomic E-state index is 5.99. The van der Waals surface area contributed by atoms with Crippen LogP contribution < -0.4 is 4.74 Å². The van der Waals surface area contributed by atoms with Gasteiger partial charge in [0, 0.05) is 43.7 Å². The first-order valence-electron chi connectivity index (χ1n) is 9.57. The molecular weight excluding hydrogens is 400 g/mol. The van der Waals surface area contributed by atoms with Crippen LogP contribution in [0.25, 0.3) is 10.8 Å². The van der Waals surface area contributed by atoms with Gasteiger partial charge >= 0.3 is 0 Å². The van der Waals surface area contributed by atoms with E-state index in [0.29, 0.717) is 0 Å². The standard InChI is InChI=1S/C23H25BrN2O/c24-22-8-5-19(6-9-22)18-26-13-11-25(12-14-26)15-16-27-23-10-7-20-3-1-2-4-21(20)17-23/h1-10,17H,11-16,18H2. The number of nitrogens with zero attached hydrogens (tertiary/aromatic N) is 2. The zero-order valence-corrected chi connectivity index (χ0v) is 17.1. The van der Waals surface area contributed by atoms with Crippen molar-refractivity contribution in [1.29, 1.82) is 0 Å². The first kappa shape index (κ1) is 18.5. The molecule has 1 aliphatic heterocycles. The van der Waals surface area contributed by atoms with Crippen LogP contribution in [0.3, 0.4) is 0 Å². The van der Waals surface area contributed by atoms with Gasteiger partial charge in [-0.3, -0.25) is 9.80 Å². The van der Waals surface area contributed by atoms with Crippen molar-refractivity contribution in [3.8, 4) is 5.75 Å². The molecule has 1 heterocycles. The zero-order chi connectivity index (χ0) is 18.5. The van der Waals surface area contributed by atoms with E-state index in [1.807, 2.05) is 0 Å². The Kier molecular flexibility index (Phi) is 6.07. The van der Waals surface area contributed by atoms with Crippen molar-refractivity contribution in [2.75, 3.05) is 39.3 Å². The lowest BCUT2D eigenvalue weighted by Gasteiger charge is -2.34. The van der Waals surface area contributed by atoms with E-state index in [1.165, 1.54) is 16.3 Å². The molecule has 0 bridgehead atoms. The van der Waals surface area contributed by atoms with Gasteiger partial charge in [0.15, 0.2) is 0 Å². The summed E-state index contributed by atoms with van der Waals surface area (Å²) in [6, 6.07) is 23.4. The molecule has 0 atom stereocenters. The Morgan fingerprint density at radius 1 is 0.778 bits per heavy atom. The lowest BCUT2D eigenvalue weighted by atomic mass is 10.1. The summed E-state index contributed by atoms with van der Waals surface area (Å²) < 4.78 is 7.13. The van der Waals surface area contributed by atoms with Crippen LogP contribution in [-0.2, 0) is 6.54 Å². The molecule has 27 heavy (non-hydrogen) atoms. The highest BCUT2D eigenvalue weighted by Crippen LogP contribution is 2.20. The summed E-state index contributed by atoms with van der Waals surface area (Å²) in [5.74, 6) is 0.961. The molecule has 4 rings (SSSR count). The quantitative estimate of drug-likeness (QED) is 0.565. The van der Waals surface area contributed by atoms with Crippen LogP contribution in [-0.4, -0.2) is 49.1 Å². The van der Waals surface area contributed by atoms with E-state index in [0.717, 1.165) is 56.1 Å². The van der Waals surface area contributed by atoms with Crippen LogP contribution in [0.2, 0.25) is 0 Å². The molecule has 0 radical (unpaired) electrons. The average molecular weight is 425 g/mol. The Balaban J connectivity index is 1.20. The molecule has 0 spiro atoms. The van der Waals surface area contributed by atoms with Gasteiger partial charge in [-0.15, -0.1) is 0 Å². The molecule has 0 N–H and O–H groups in total. The van der Waals surface area contributed by atoms with Crippen LogP contribution in [0.1, 0.15) is 5.56 Å². The van der Waals surface area contributed by atoms with Gasteiger partial charge in [-0.2, -0.15) is 0 Å². The summed E-state index contributed by atoms with van der Waals surface area (Å²) in [5, 5.41) is 2.49. The van der Waals surface area contributed by atoms with E-state index in [9.17, 15) is 0 Å². The largest absolute Gasteiger partial charge is 0.492 e. The molecule has 1 saturated heterocycles. The molecule has 1 fully saturated rings. The molecule has 0 saturated carbocycles. The number of piperazine rings is 1. The third-order valence-electron chi connectivity index (χ3n) is 5.18. The highest BCUT2D eigenvalue weighted by molar-refractivity contribution is 9.10. The molecule has 3 nitrogen and oxygen atoms in total. The number of ether oxygens (including phenoxy) is 1. The molecule has 0 unspecified atom stereocenters. The Labute approximate surface area is 169 Å². The first-order chi connectivity index (χ1) is 13.3. The highest BCUT2D eigenvalue weighted by atomic mass is 79.9. The Morgan fingerprint density at radius 2 is 1.48 bits per heavy atom.